The van der Waals surface area contributed by atoms with Gasteiger partial charge in [-0.2, -0.15) is 10.5 Å². The van der Waals surface area contributed by atoms with Gasteiger partial charge in [0.2, 0.25) is 5.91 Å². The van der Waals surface area contributed by atoms with Crippen LogP contribution in [0.4, 0.5) is 10.1 Å². The van der Waals surface area contributed by atoms with E-state index in [2.05, 4.69) is 15.1 Å². The van der Waals surface area contributed by atoms with Gasteiger partial charge in [-0.1, -0.05) is 0 Å². The number of carbonyl (C=O) groups excluding carboxylic acids is 1. The molecule has 0 atom stereocenters. The van der Waals surface area contributed by atoms with Crippen molar-refractivity contribution in [3.63, 3.8) is 0 Å². The van der Waals surface area contributed by atoms with Gasteiger partial charge in [-0.15, -0.1) is 0 Å². The lowest BCUT2D eigenvalue weighted by Gasteiger charge is -2.37. The number of anilines is 1. The zero-order valence-electron chi connectivity index (χ0n) is 16.7. The number of hydrogen-bond acceptors (Lipinski definition) is 5. The maximum Gasteiger partial charge on any atom is 0.234 e. The fraction of sp³-hybridized carbons (Fsp3) is 0.591. The second-order valence-electron chi connectivity index (χ2n) is 8.01. The SMILES string of the molecule is N#CCC(=O)N[C@H]1CC[C@H](CCN2CCN(c3ccc(F)c(C#N)c3)CC2)CC1. The van der Waals surface area contributed by atoms with Crippen LogP contribution in [-0.2, 0) is 4.79 Å². The van der Waals surface area contributed by atoms with Gasteiger partial charge in [0.15, 0.2) is 0 Å². The van der Waals surface area contributed by atoms with Crippen molar-refractivity contribution in [1.29, 1.82) is 10.5 Å². The third-order valence-electron chi connectivity index (χ3n) is 6.11. The third kappa shape index (κ3) is 5.92. The highest BCUT2D eigenvalue weighted by Gasteiger charge is 2.24. The molecule has 0 radical (unpaired) electrons. The van der Waals surface area contributed by atoms with E-state index in [1.54, 1.807) is 12.1 Å². The molecule has 1 aromatic carbocycles. The minimum atomic E-state index is -0.464. The highest BCUT2D eigenvalue weighted by molar-refractivity contribution is 5.78. The number of halogens is 1. The van der Waals surface area contributed by atoms with Gasteiger partial charge in [-0.05, 0) is 62.8 Å². The van der Waals surface area contributed by atoms with Gasteiger partial charge in [0.05, 0.1) is 11.6 Å². The molecule has 29 heavy (non-hydrogen) atoms. The Morgan fingerprint density at radius 2 is 1.86 bits per heavy atom. The van der Waals surface area contributed by atoms with Crippen molar-refractivity contribution in [2.45, 2.75) is 44.6 Å². The van der Waals surface area contributed by atoms with E-state index in [-0.39, 0.29) is 23.9 Å². The Bertz CT molecular complexity index is 783. The topological polar surface area (TPSA) is 83.2 Å². The molecule has 1 saturated carbocycles. The minimum Gasteiger partial charge on any atom is -0.369 e. The van der Waals surface area contributed by atoms with Crippen LogP contribution in [-0.4, -0.2) is 49.6 Å². The zero-order valence-corrected chi connectivity index (χ0v) is 16.7. The lowest BCUT2D eigenvalue weighted by atomic mass is 9.84. The summed E-state index contributed by atoms with van der Waals surface area (Å²) in [4.78, 5) is 16.2. The van der Waals surface area contributed by atoms with Crippen LogP contribution in [0.5, 0.6) is 0 Å². The minimum absolute atomic E-state index is 0.0539. The summed E-state index contributed by atoms with van der Waals surface area (Å²) in [7, 11) is 0. The maximum absolute atomic E-state index is 13.5. The second-order valence-corrected chi connectivity index (χ2v) is 8.01. The summed E-state index contributed by atoms with van der Waals surface area (Å²) in [6.45, 7) is 4.79. The number of carbonyl (C=O) groups is 1. The normalized spacial score (nSPS) is 22.5. The first-order valence-corrected chi connectivity index (χ1v) is 10.4. The molecule has 0 spiro atoms. The molecule has 1 aliphatic carbocycles. The maximum atomic E-state index is 13.5. The molecule has 1 N–H and O–H groups in total. The number of benzene rings is 1. The molecule has 2 fully saturated rings. The first kappa shape index (κ1) is 21.1. The average molecular weight is 397 g/mol. The molecule has 1 aromatic rings. The molecular formula is C22H28FN5O. The monoisotopic (exact) mass is 397 g/mol. The van der Waals surface area contributed by atoms with Crippen LogP contribution in [0.15, 0.2) is 18.2 Å². The highest BCUT2D eigenvalue weighted by Crippen LogP contribution is 2.27. The fourth-order valence-electron chi connectivity index (χ4n) is 4.34. The molecule has 2 aliphatic rings. The van der Waals surface area contributed by atoms with Crippen molar-refractivity contribution in [1.82, 2.24) is 10.2 Å². The van der Waals surface area contributed by atoms with Gasteiger partial charge < -0.3 is 10.2 Å². The van der Waals surface area contributed by atoms with Crippen molar-refractivity contribution in [3.05, 3.63) is 29.6 Å². The smallest absolute Gasteiger partial charge is 0.234 e. The summed E-state index contributed by atoms with van der Waals surface area (Å²) in [6, 6.07) is 8.79. The van der Waals surface area contributed by atoms with Crippen LogP contribution in [0.2, 0.25) is 0 Å². The fourth-order valence-corrected chi connectivity index (χ4v) is 4.34. The number of hydrogen-bond donors (Lipinski definition) is 1. The molecule has 0 bridgehead atoms. The van der Waals surface area contributed by atoms with E-state index in [1.807, 2.05) is 12.1 Å². The predicted octanol–water partition coefficient (Wildman–Crippen LogP) is 2.80. The Balaban J connectivity index is 1.36. The van der Waals surface area contributed by atoms with Crippen LogP contribution in [0.1, 0.15) is 44.1 Å². The third-order valence-corrected chi connectivity index (χ3v) is 6.11. The van der Waals surface area contributed by atoms with E-state index in [9.17, 15) is 9.18 Å². The number of nitrogens with zero attached hydrogens (tertiary/aromatic N) is 4. The number of amides is 1. The van der Waals surface area contributed by atoms with Gasteiger partial charge in [-0.3, -0.25) is 9.69 Å². The van der Waals surface area contributed by atoms with Gasteiger partial charge >= 0.3 is 0 Å². The first-order valence-electron chi connectivity index (χ1n) is 10.4. The van der Waals surface area contributed by atoms with Crippen molar-refractivity contribution in [2.75, 3.05) is 37.6 Å². The molecule has 1 heterocycles. The Morgan fingerprint density at radius 3 is 2.52 bits per heavy atom. The summed E-state index contributed by atoms with van der Waals surface area (Å²) < 4.78 is 13.5. The summed E-state index contributed by atoms with van der Waals surface area (Å²) in [6.07, 6.45) is 5.38. The quantitative estimate of drug-likeness (QED) is 0.798. The first-order chi connectivity index (χ1) is 14.1. The van der Waals surface area contributed by atoms with Crippen molar-refractivity contribution in [3.8, 4) is 12.1 Å². The highest BCUT2D eigenvalue weighted by atomic mass is 19.1. The van der Waals surface area contributed by atoms with Crippen molar-refractivity contribution < 1.29 is 9.18 Å². The van der Waals surface area contributed by atoms with Crippen LogP contribution in [0.3, 0.4) is 0 Å². The standard InChI is InChI=1S/C22H28FN5O/c23-21-6-5-20(15-18(21)16-25)28-13-11-27(12-14-28)10-8-17-1-3-19(4-2-17)26-22(29)7-9-24/h5-6,15,17,19H,1-4,7-8,10-14H2,(H,26,29)/t17-,19-. The summed E-state index contributed by atoms with van der Waals surface area (Å²) in [5.74, 6) is 0.0820. The predicted molar refractivity (Wildman–Crippen MR) is 109 cm³/mol. The van der Waals surface area contributed by atoms with Crippen molar-refractivity contribution >= 4 is 11.6 Å². The molecule has 0 aromatic heterocycles. The Hall–Kier alpha value is -2.64. The lowest BCUT2D eigenvalue weighted by molar-refractivity contribution is -0.121. The summed E-state index contributed by atoms with van der Waals surface area (Å²) in [5, 5.41) is 20.5. The zero-order chi connectivity index (χ0) is 20.6. The molecule has 0 unspecified atom stereocenters. The van der Waals surface area contributed by atoms with Crippen LogP contribution >= 0.6 is 0 Å². The van der Waals surface area contributed by atoms with Gasteiger partial charge in [0.25, 0.3) is 0 Å². The second kappa shape index (κ2) is 10.2. The van der Waals surface area contributed by atoms with E-state index in [4.69, 9.17) is 10.5 Å². The number of rotatable bonds is 6. The van der Waals surface area contributed by atoms with Crippen LogP contribution < -0.4 is 10.2 Å². The van der Waals surface area contributed by atoms with Crippen molar-refractivity contribution in [2.24, 2.45) is 5.92 Å². The number of piperazine rings is 1. The van der Waals surface area contributed by atoms with Crippen LogP contribution in [0, 0.1) is 34.4 Å². The van der Waals surface area contributed by atoms with Gasteiger partial charge in [0.1, 0.15) is 18.3 Å². The summed E-state index contributed by atoms with van der Waals surface area (Å²) >= 11 is 0. The Kier molecular flexibility index (Phi) is 7.43. The largest absolute Gasteiger partial charge is 0.369 e. The van der Waals surface area contributed by atoms with E-state index in [1.165, 1.54) is 12.5 Å². The number of nitriles is 2. The Labute approximate surface area is 171 Å². The average Bonchev–Trinajstić information content (AvgIpc) is 2.74. The molecule has 1 amide bonds. The lowest BCUT2D eigenvalue weighted by Crippen LogP contribution is -2.47. The van der Waals surface area contributed by atoms with Gasteiger partial charge in [0, 0.05) is 37.9 Å². The molecule has 154 valence electrons. The van der Waals surface area contributed by atoms with E-state index >= 15 is 0 Å². The number of nitrogens with one attached hydrogen (secondary N) is 1. The summed E-state index contributed by atoms with van der Waals surface area (Å²) in [5.41, 5.74) is 1.02. The molecule has 1 saturated heterocycles. The Morgan fingerprint density at radius 1 is 1.14 bits per heavy atom. The molecule has 6 nitrogen and oxygen atoms in total. The molecule has 1 aliphatic heterocycles. The molecule has 7 heteroatoms. The van der Waals surface area contributed by atoms with E-state index < -0.39 is 5.82 Å². The van der Waals surface area contributed by atoms with Crippen LogP contribution in [0.25, 0.3) is 0 Å². The van der Waals surface area contributed by atoms with Gasteiger partial charge in [-0.25, -0.2) is 4.39 Å². The molecule has 3 rings (SSSR count). The molecular weight excluding hydrogens is 369 g/mol. The van der Waals surface area contributed by atoms with E-state index in [0.29, 0.717) is 5.92 Å². The van der Waals surface area contributed by atoms with E-state index in [0.717, 1.165) is 64.1 Å².